The third kappa shape index (κ3) is 6.92. The molecule has 1 aromatic rings. The van der Waals surface area contributed by atoms with Crippen LogP contribution in [0.3, 0.4) is 0 Å². The van der Waals surface area contributed by atoms with Gasteiger partial charge in [0.2, 0.25) is 5.91 Å². The second-order valence-electron chi connectivity index (χ2n) is 4.63. The number of hydrogen-bond donors (Lipinski definition) is 1. The van der Waals surface area contributed by atoms with Crippen LogP contribution in [-0.4, -0.2) is 23.6 Å². The van der Waals surface area contributed by atoms with E-state index < -0.39 is 0 Å². The van der Waals surface area contributed by atoms with Gasteiger partial charge < -0.3 is 5.32 Å². The number of benzene rings is 1. The lowest BCUT2D eigenvalue weighted by Crippen LogP contribution is -2.31. The Balaban J connectivity index is 2.18. The van der Waals surface area contributed by atoms with Gasteiger partial charge in [0.25, 0.3) is 0 Å². The fraction of sp³-hybridized carbons (Fsp3) is 0.500. The Morgan fingerprint density at radius 1 is 1.33 bits per heavy atom. The number of carbonyl (C=O) groups excluding carboxylic acids is 1. The Kier molecular flexibility index (Phi) is 7.21. The average Bonchev–Trinajstić information content (AvgIpc) is 2.34. The molecule has 0 saturated heterocycles. The summed E-state index contributed by atoms with van der Waals surface area (Å²) >= 11 is 7.65. The zero-order valence-corrected chi connectivity index (χ0v) is 12.4. The van der Waals surface area contributed by atoms with Crippen molar-refractivity contribution in [2.45, 2.75) is 30.5 Å². The van der Waals surface area contributed by atoms with E-state index in [-0.39, 0.29) is 11.3 Å². The van der Waals surface area contributed by atoms with Crippen molar-refractivity contribution in [3.8, 4) is 0 Å². The maximum Gasteiger partial charge on any atom is 0.230 e. The summed E-state index contributed by atoms with van der Waals surface area (Å²) < 4.78 is 0. The van der Waals surface area contributed by atoms with E-state index in [1.165, 1.54) is 11.8 Å². The standard InChI is InChI=1S/C14H20ClNOS/c1-11(2)8-12(15)9-16-14(17)10-18-13-6-4-3-5-7-13/h3-7,11-12H,8-10H2,1-2H3,(H,16,17). The van der Waals surface area contributed by atoms with Gasteiger partial charge in [-0.15, -0.1) is 23.4 Å². The first-order chi connectivity index (χ1) is 8.58. The Bertz CT molecular complexity index is 356. The molecule has 18 heavy (non-hydrogen) atoms. The molecule has 1 rings (SSSR count). The van der Waals surface area contributed by atoms with Crippen LogP contribution in [-0.2, 0) is 4.79 Å². The van der Waals surface area contributed by atoms with Crippen molar-refractivity contribution in [1.29, 1.82) is 0 Å². The van der Waals surface area contributed by atoms with Crippen LogP contribution < -0.4 is 5.32 Å². The van der Waals surface area contributed by atoms with Crippen LogP contribution in [0.2, 0.25) is 0 Å². The molecule has 0 aliphatic carbocycles. The first-order valence-corrected chi connectivity index (χ1v) is 7.58. The minimum absolute atomic E-state index is 0.0238. The SMILES string of the molecule is CC(C)CC(Cl)CNC(=O)CSc1ccccc1. The predicted octanol–water partition coefficient (Wildman–Crippen LogP) is 3.55. The summed E-state index contributed by atoms with van der Waals surface area (Å²) in [5.74, 6) is 1.04. The van der Waals surface area contributed by atoms with E-state index >= 15 is 0 Å². The molecule has 0 heterocycles. The van der Waals surface area contributed by atoms with Crippen LogP contribution in [0.1, 0.15) is 20.3 Å². The van der Waals surface area contributed by atoms with Crippen LogP contribution in [0.4, 0.5) is 0 Å². The molecule has 4 heteroatoms. The summed E-state index contributed by atoms with van der Waals surface area (Å²) in [5.41, 5.74) is 0. The van der Waals surface area contributed by atoms with Crippen LogP contribution in [0, 0.1) is 5.92 Å². The van der Waals surface area contributed by atoms with Crippen molar-refractivity contribution in [1.82, 2.24) is 5.32 Å². The van der Waals surface area contributed by atoms with Crippen molar-refractivity contribution in [3.05, 3.63) is 30.3 Å². The molecule has 0 fully saturated rings. The normalized spacial score (nSPS) is 12.4. The van der Waals surface area contributed by atoms with E-state index in [0.29, 0.717) is 18.2 Å². The topological polar surface area (TPSA) is 29.1 Å². The first-order valence-electron chi connectivity index (χ1n) is 6.16. The zero-order chi connectivity index (χ0) is 13.4. The van der Waals surface area contributed by atoms with Gasteiger partial charge in [-0.05, 0) is 24.5 Å². The van der Waals surface area contributed by atoms with Crippen molar-refractivity contribution in [2.75, 3.05) is 12.3 Å². The summed E-state index contributed by atoms with van der Waals surface area (Å²) in [6.07, 6.45) is 0.924. The summed E-state index contributed by atoms with van der Waals surface area (Å²) in [5, 5.41) is 2.89. The molecule has 100 valence electrons. The van der Waals surface area contributed by atoms with Gasteiger partial charge in [0, 0.05) is 11.4 Å². The second kappa shape index (κ2) is 8.44. The number of halogens is 1. The summed E-state index contributed by atoms with van der Waals surface area (Å²) in [4.78, 5) is 12.7. The highest BCUT2D eigenvalue weighted by Gasteiger charge is 2.09. The molecule has 0 spiro atoms. The molecule has 1 amide bonds. The highest BCUT2D eigenvalue weighted by molar-refractivity contribution is 8.00. The first kappa shape index (κ1) is 15.4. The van der Waals surface area contributed by atoms with Gasteiger partial charge in [0.15, 0.2) is 0 Å². The second-order valence-corrected chi connectivity index (χ2v) is 6.30. The number of carbonyl (C=O) groups is 1. The highest BCUT2D eigenvalue weighted by atomic mass is 35.5. The zero-order valence-electron chi connectivity index (χ0n) is 10.9. The Labute approximate surface area is 118 Å². The van der Waals surface area contributed by atoms with Gasteiger partial charge in [-0.1, -0.05) is 32.0 Å². The fourth-order valence-corrected chi connectivity index (χ4v) is 2.72. The van der Waals surface area contributed by atoms with Crippen molar-refractivity contribution >= 4 is 29.3 Å². The molecule has 2 nitrogen and oxygen atoms in total. The molecular formula is C14H20ClNOS. The Morgan fingerprint density at radius 3 is 2.61 bits per heavy atom. The van der Waals surface area contributed by atoms with Crippen LogP contribution >= 0.6 is 23.4 Å². The molecule has 0 saturated carbocycles. The van der Waals surface area contributed by atoms with E-state index in [1.807, 2.05) is 30.3 Å². The van der Waals surface area contributed by atoms with Gasteiger partial charge in [0.1, 0.15) is 0 Å². The Morgan fingerprint density at radius 2 is 2.00 bits per heavy atom. The molecule has 0 radical (unpaired) electrons. The molecular weight excluding hydrogens is 266 g/mol. The van der Waals surface area contributed by atoms with Crippen LogP contribution in [0.15, 0.2) is 35.2 Å². The number of rotatable bonds is 7. The maximum absolute atomic E-state index is 11.6. The van der Waals surface area contributed by atoms with Gasteiger partial charge in [-0.3, -0.25) is 4.79 Å². The average molecular weight is 286 g/mol. The molecule has 1 unspecified atom stereocenters. The summed E-state index contributed by atoms with van der Waals surface area (Å²) in [7, 11) is 0. The monoisotopic (exact) mass is 285 g/mol. The van der Waals surface area contributed by atoms with Gasteiger partial charge in [-0.25, -0.2) is 0 Å². The molecule has 0 aliphatic heterocycles. The van der Waals surface area contributed by atoms with Crippen molar-refractivity contribution in [3.63, 3.8) is 0 Å². The summed E-state index contributed by atoms with van der Waals surface area (Å²) in [6, 6.07) is 9.91. The van der Waals surface area contributed by atoms with Crippen molar-refractivity contribution < 1.29 is 4.79 Å². The maximum atomic E-state index is 11.6. The van der Waals surface area contributed by atoms with Gasteiger partial charge in [0.05, 0.1) is 11.1 Å². The van der Waals surface area contributed by atoms with E-state index in [1.54, 1.807) is 0 Å². The number of alkyl halides is 1. The molecule has 1 atom stereocenters. The third-order valence-corrected chi connectivity index (χ3v) is 3.71. The van der Waals surface area contributed by atoms with E-state index in [9.17, 15) is 4.79 Å². The van der Waals surface area contributed by atoms with E-state index in [0.717, 1.165) is 11.3 Å². The highest BCUT2D eigenvalue weighted by Crippen LogP contribution is 2.16. The molecule has 1 N–H and O–H groups in total. The summed E-state index contributed by atoms with van der Waals surface area (Å²) in [6.45, 7) is 4.80. The number of nitrogens with one attached hydrogen (secondary N) is 1. The van der Waals surface area contributed by atoms with E-state index in [2.05, 4.69) is 19.2 Å². The van der Waals surface area contributed by atoms with Crippen LogP contribution in [0.5, 0.6) is 0 Å². The van der Waals surface area contributed by atoms with Gasteiger partial charge in [-0.2, -0.15) is 0 Å². The van der Waals surface area contributed by atoms with Crippen molar-refractivity contribution in [2.24, 2.45) is 5.92 Å². The van der Waals surface area contributed by atoms with Gasteiger partial charge >= 0.3 is 0 Å². The fourth-order valence-electron chi connectivity index (χ4n) is 1.54. The van der Waals surface area contributed by atoms with Crippen LogP contribution in [0.25, 0.3) is 0 Å². The number of hydrogen-bond acceptors (Lipinski definition) is 2. The minimum atomic E-state index is 0.0238. The number of thioether (sulfide) groups is 1. The van der Waals surface area contributed by atoms with E-state index in [4.69, 9.17) is 11.6 Å². The quantitative estimate of drug-likeness (QED) is 0.613. The lowest BCUT2D eigenvalue weighted by Gasteiger charge is -2.12. The lowest BCUT2D eigenvalue weighted by atomic mass is 10.1. The largest absolute Gasteiger partial charge is 0.354 e. The lowest BCUT2D eigenvalue weighted by molar-refractivity contribution is -0.118. The molecule has 0 bridgehead atoms. The predicted molar refractivity (Wildman–Crippen MR) is 79.3 cm³/mol. The third-order valence-electron chi connectivity index (χ3n) is 2.36. The molecule has 1 aromatic carbocycles. The minimum Gasteiger partial charge on any atom is -0.354 e. The smallest absolute Gasteiger partial charge is 0.230 e. The Hall–Kier alpha value is -0.670. The number of amides is 1. The molecule has 0 aromatic heterocycles. The molecule has 0 aliphatic rings.